The van der Waals surface area contributed by atoms with E-state index < -0.39 is 0 Å². The third-order valence-electron chi connectivity index (χ3n) is 4.71. The van der Waals surface area contributed by atoms with Crippen LogP contribution in [-0.2, 0) is 17.9 Å². The van der Waals surface area contributed by atoms with Crippen molar-refractivity contribution in [2.75, 3.05) is 5.32 Å². The molecule has 148 valence electrons. The molecule has 0 aliphatic heterocycles. The van der Waals surface area contributed by atoms with Crippen molar-refractivity contribution in [1.82, 2.24) is 10.3 Å². The molecule has 0 radical (unpaired) electrons. The molecule has 0 fully saturated rings. The molecule has 29 heavy (non-hydrogen) atoms. The molecular weight excluding hydrogens is 364 g/mol. The number of amides is 2. The topological polar surface area (TPSA) is 97.1 Å². The fourth-order valence-corrected chi connectivity index (χ4v) is 2.84. The number of rotatable bonds is 7. The van der Waals surface area contributed by atoms with Crippen molar-refractivity contribution in [3.05, 3.63) is 95.3 Å². The summed E-state index contributed by atoms with van der Waals surface area (Å²) in [7, 11) is 0. The van der Waals surface area contributed by atoms with Gasteiger partial charge in [0.05, 0.1) is 11.5 Å². The lowest BCUT2D eigenvalue weighted by Crippen LogP contribution is -2.27. The first-order chi connectivity index (χ1) is 14.1. The van der Waals surface area contributed by atoms with Crippen LogP contribution in [0.15, 0.2) is 73.1 Å². The van der Waals surface area contributed by atoms with Crippen LogP contribution in [0.4, 0.5) is 5.69 Å². The van der Waals surface area contributed by atoms with Crippen molar-refractivity contribution in [3.63, 3.8) is 0 Å². The van der Waals surface area contributed by atoms with Crippen LogP contribution in [0, 0.1) is 0 Å². The molecule has 0 saturated heterocycles. The van der Waals surface area contributed by atoms with Gasteiger partial charge in [-0.3, -0.25) is 14.6 Å². The summed E-state index contributed by atoms with van der Waals surface area (Å²) < 4.78 is 0. The number of anilines is 1. The maximum Gasteiger partial charge on any atom is 0.257 e. The van der Waals surface area contributed by atoms with E-state index >= 15 is 0 Å². The smallest absolute Gasteiger partial charge is 0.257 e. The van der Waals surface area contributed by atoms with E-state index in [0.717, 1.165) is 16.7 Å². The van der Waals surface area contributed by atoms with Crippen LogP contribution >= 0.6 is 0 Å². The fraction of sp³-hybridized carbons (Fsp3) is 0.174. The molecule has 0 aliphatic carbocycles. The van der Waals surface area contributed by atoms with E-state index in [9.17, 15) is 9.59 Å². The molecule has 4 N–H and O–H groups in total. The van der Waals surface area contributed by atoms with Crippen molar-refractivity contribution in [2.45, 2.75) is 25.9 Å². The van der Waals surface area contributed by atoms with E-state index in [1.54, 1.807) is 30.5 Å². The summed E-state index contributed by atoms with van der Waals surface area (Å²) >= 11 is 0. The van der Waals surface area contributed by atoms with Gasteiger partial charge in [0.2, 0.25) is 5.91 Å². The summed E-state index contributed by atoms with van der Waals surface area (Å²) in [5.74, 6) is -0.585. The summed E-state index contributed by atoms with van der Waals surface area (Å²) in [5, 5.41) is 5.78. The van der Waals surface area contributed by atoms with Crippen molar-refractivity contribution in [3.8, 4) is 0 Å². The molecule has 6 heteroatoms. The van der Waals surface area contributed by atoms with Crippen LogP contribution in [0.5, 0.6) is 0 Å². The highest BCUT2D eigenvalue weighted by Crippen LogP contribution is 2.19. The second-order valence-electron chi connectivity index (χ2n) is 6.78. The molecule has 0 aliphatic rings. The van der Waals surface area contributed by atoms with Gasteiger partial charge < -0.3 is 16.4 Å². The molecule has 2 aromatic carbocycles. The minimum absolute atomic E-state index is 0.0555. The monoisotopic (exact) mass is 388 g/mol. The first-order valence-electron chi connectivity index (χ1n) is 9.44. The molecular formula is C23H24N4O2. The number of nitrogens with one attached hydrogen (secondary N) is 2. The molecule has 3 rings (SSSR count). The third kappa shape index (κ3) is 5.49. The van der Waals surface area contributed by atoms with Crippen molar-refractivity contribution in [2.24, 2.45) is 5.73 Å². The second kappa shape index (κ2) is 9.61. The highest BCUT2D eigenvalue weighted by Gasteiger charge is 2.15. The summed E-state index contributed by atoms with van der Waals surface area (Å²) in [6.45, 7) is 2.83. The Balaban J connectivity index is 1.55. The number of benzene rings is 2. The van der Waals surface area contributed by atoms with Gasteiger partial charge in [-0.1, -0.05) is 36.4 Å². The number of hydrogen-bond acceptors (Lipinski definition) is 4. The quantitative estimate of drug-likeness (QED) is 0.579. The van der Waals surface area contributed by atoms with E-state index in [4.69, 9.17) is 5.73 Å². The van der Waals surface area contributed by atoms with Gasteiger partial charge in [0.15, 0.2) is 0 Å². The number of nitrogens with zero attached hydrogens (tertiary/aromatic N) is 1. The molecule has 2 amide bonds. The third-order valence-corrected chi connectivity index (χ3v) is 4.71. The summed E-state index contributed by atoms with van der Waals surface area (Å²) in [5.41, 5.74) is 9.71. The molecule has 0 spiro atoms. The minimum Gasteiger partial charge on any atom is -0.352 e. The first kappa shape index (κ1) is 20.2. The molecule has 1 unspecified atom stereocenters. The van der Waals surface area contributed by atoms with Gasteiger partial charge >= 0.3 is 0 Å². The molecule has 3 aromatic rings. The number of nitrogens with two attached hydrogens (primary N) is 1. The van der Waals surface area contributed by atoms with Crippen molar-refractivity contribution >= 4 is 17.5 Å². The SMILES string of the molecule is CC(C(=O)NCc1ccc(CN)cc1)c1ccc(NC(=O)c2cccnc2)cc1. The van der Waals surface area contributed by atoms with Gasteiger partial charge in [-0.25, -0.2) is 0 Å². The Bertz CT molecular complexity index is 954. The van der Waals surface area contributed by atoms with Crippen LogP contribution < -0.4 is 16.4 Å². The number of aromatic nitrogens is 1. The zero-order valence-corrected chi connectivity index (χ0v) is 16.3. The molecule has 1 heterocycles. The summed E-state index contributed by atoms with van der Waals surface area (Å²) in [6.07, 6.45) is 3.13. The van der Waals surface area contributed by atoms with E-state index in [-0.39, 0.29) is 17.7 Å². The average Bonchev–Trinajstić information content (AvgIpc) is 2.78. The molecule has 6 nitrogen and oxygen atoms in total. The summed E-state index contributed by atoms with van der Waals surface area (Å²) in [4.78, 5) is 28.6. The van der Waals surface area contributed by atoms with Crippen LogP contribution in [0.3, 0.4) is 0 Å². The van der Waals surface area contributed by atoms with Crippen LogP contribution in [0.1, 0.15) is 39.9 Å². The first-order valence-corrected chi connectivity index (χ1v) is 9.44. The Hall–Kier alpha value is -3.51. The molecule has 0 bridgehead atoms. The number of carbonyl (C=O) groups is 2. The minimum atomic E-state index is -0.304. The van der Waals surface area contributed by atoms with Crippen LogP contribution in [0.2, 0.25) is 0 Å². The van der Waals surface area contributed by atoms with Gasteiger partial charge in [-0.05, 0) is 47.9 Å². The van der Waals surface area contributed by atoms with Gasteiger partial charge in [0.1, 0.15) is 0 Å². The van der Waals surface area contributed by atoms with E-state index in [2.05, 4.69) is 15.6 Å². The standard InChI is InChI=1S/C23H24N4O2/c1-16(22(28)26-14-18-6-4-17(13-24)5-7-18)19-8-10-21(11-9-19)27-23(29)20-3-2-12-25-15-20/h2-12,15-16H,13-14,24H2,1H3,(H,26,28)(H,27,29). The number of hydrogen-bond donors (Lipinski definition) is 3. The van der Waals surface area contributed by atoms with Crippen molar-refractivity contribution in [1.29, 1.82) is 0 Å². The number of carbonyl (C=O) groups excluding carboxylic acids is 2. The van der Waals surface area contributed by atoms with Gasteiger partial charge in [-0.15, -0.1) is 0 Å². The molecule has 1 atom stereocenters. The van der Waals surface area contributed by atoms with Gasteiger partial charge in [0.25, 0.3) is 5.91 Å². The van der Waals surface area contributed by atoms with Gasteiger partial charge in [-0.2, -0.15) is 0 Å². The Kier molecular flexibility index (Phi) is 6.71. The average molecular weight is 388 g/mol. The Morgan fingerprint density at radius 1 is 1.00 bits per heavy atom. The largest absolute Gasteiger partial charge is 0.352 e. The van der Waals surface area contributed by atoms with Gasteiger partial charge in [0, 0.05) is 31.2 Å². The lowest BCUT2D eigenvalue weighted by Gasteiger charge is -2.14. The fourth-order valence-electron chi connectivity index (χ4n) is 2.84. The lowest BCUT2D eigenvalue weighted by molar-refractivity contribution is -0.122. The highest BCUT2D eigenvalue weighted by molar-refractivity contribution is 6.04. The second-order valence-corrected chi connectivity index (χ2v) is 6.78. The van der Waals surface area contributed by atoms with Crippen LogP contribution in [-0.4, -0.2) is 16.8 Å². The Labute approximate surface area is 170 Å². The van der Waals surface area contributed by atoms with Crippen molar-refractivity contribution < 1.29 is 9.59 Å². The van der Waals surface area contributed by atoms with Crippen LogP contribution in [0.25, 0.3) is 0 Å². The summed E-state index contributed by atoms with van der Waals surface area (Å²) in [6, 6.07) is 18.5. The highest BCUT2D eigenvalue weighted by atomic mass is 16.2. The number of pyridine rings is 1. The molecule has 1 aromatic heterocycles. The zero-order chi connectivity index (χ0) is 20.6. The Morgan fingerprint density at radius 2 is 1.69 bits per heavy atom. The predicted molar refractivity (Wildman–Crippen MR) is 113 cm³/mol. The maximum absolute atomic E-state index is 12.5. The normalized spacial score (nSPS) is 11.5. The predicted octanol–water partition coefficient (Wildman–Crippen LogP) is 3.21. The van der Waals surface area contributed by atoms with E-state index in [1.807, 2.05) is 43.3 Å². The maximum atomic E-state index is 12.5. The van der Waals surface area contributed by atoms with E-state index in [0.29, 0.717) is 24.3 Å². The zero-order valence-electron chi connectivity index (χ0n) is 16.3. The lowest BCUT2D eigenvalue weighted by atomic mass is 10.00. The Morgan fingerprint density at radius 3 is 2.31 bits per heavy atom. The van der Waals surface area contributed by atoms with E-state index in [1.165, 1.54) is 6.20 Å². The molecule has 0 saturated carbocycles.